The molecule has 1 aliphatic rings. The lowest BCUT2D eigenvalue weighted by atomic mass is 10.2. The van der Waals surface area contributed by atoms with Gasteiger partial charge in [0.05, 0.1) is 16.7 Å². The zero-order valence-corrected chi connectivity index (χ0v) is 10.9. The first-order chi connectivity index (χ1) is 9.10. The molecule has 2 unspecified atom stereocenters. The summed E-state index contributed by atoms with van der Waals surface area (Å²) in [5.74, 6) is -0.913. The smallest absolute Gasteiger partial charge is 0.332 e. The highest BCUT2D eigenvalue weighted by Crippen LogP contribution is 2.23. The molecule has 0 aliphatic carbocycles. The predicted molar refractivity (Wildman–Crippen MR) is 70.2 cm³/mol. The predicted octanol–water partition coefficient (Wildman–Crippen LogP) is 2.26. The number of benzene rings is 1. The Morgan fingerprint density at radius 2 is 2.37 bits per heavy atom. The third-order valence-corrected chi connectivity index (χ3v) is 3.32. The number of carboxylic acid groups (broad SMARTS) is 1. The summed E-state index contributed by atoms with van der Waals surface area (Å²) in [5.41, 5.74) is 1.21. The van der Waals surface area contributed by atoms with Crippen LogP contribution in [0.15, 0.2) is 18.2 Å². The first-order valence-electron chi connectivity index (χ1n) is 5.92. The average molecular weight is 281 g/mol. The standard InChI is InChI=1S/C13H13ClN2O3/c14-11-5-9(2-1-8(11)6-15)16-7-10-3-4-12(19-10)13(17)18/h1-2,5,10,12,16H,3-4,7H2,(H,17,18). The molecule has 0 radical (unpaired) electrons. The van der Waals surface area contributed by atoms with E-state index >= 15 is 0 Å². The van der Waals surface area contributed by atoms with Crippen molar-refractivity contribution in [3.05, 3.63) is 28.8 Å². The molecular formula is C13H13ClN2O3. The van der Waals surface area contributed by atoms with Gasteiger partial charge in [-0.05, 0) is 31.0 Å². The second-order valence-electron chi connectivity index (χ2n) is 4.35. The summed E-state index contributed by atoms with van der Waals surface area (Å²) < 4.78 is 5.37. The zero-order chi connectivity index (χ0) is 13.8. The van der Waals surface area contributed by atoms with E-state index in [0.717, 1.165) is 5.69 Å². The number of rotatable bonds is 4. The van der Waals surface area contributed by atoms with Crippen LogP contribution < -0.4 is 5.32 Å². The van der Waals surface area contributed by atoms with E-state index in [1.165, 1.54) is 0 Å². The number of ether oxygens (including phenoxy) is 1. The lowest BCUT2D eigenvalue weighted by Crippen LogP contribution is -2.24. The maximum atomic E-state index is 10.7. The molecular weight excluding hydrogens is 268 g/mol. The summed E-state index contributed by atoms with van der Waals surface area (Å²) in [5, 5.41) is 21.1. The molecule has 1 fully saturated rings. The van der Waals surface area contributed by atoms with Crippen LogP contribution in [0.5, 0.6) is 0 Å². The van der Waals surface area contributed by atoms with Gasteiger partial charge in [0.15, 0.2) is 6.10 Å². The number of hydrogen-bond donors (Lipinski definition) is 2. The van der Waals surface area contributed by atoms with Crippen molar-refractivity contribution in [2.45, 2.75) is 25.0 Å². The molecule has 5 nitrogen and oxygen atoms in total. The van der Waals surface area contributed by atoms with Crippen LogP contribution in [0.1, 0.15) is 18.4 Å². The van der Waals surface area contributed by atoms with E-state index in [0.29, 0.717) is 30.0 Å². The van der Waals surface area contributed by atoms with Gasteiger partial charge in [-0.1, -0.05) is 11.6 Å². The molecule has 0 spiro atoms. The number of halogens is 1. The highest BCUT2D eigenvalue weighted by molar-refractivity contribution is 6.32. The van der Waals surface area contributed by atoms with E-state index in [1.807, 2.05) is 6.07 Å². The fraction of sp³-hybridized carbons (Fsp3) is 0.385. The Hall–Kier alpha value is -1.77. The number of aliphatic carboxylic acids is 1. The third-order valence-electron chi connectivity index (χ3n) is 3.01. The van der Waals surface area contributed by atoms with E-state index in [2.05, 4.69) is 5.32 Å². The molecule has 19 heavy (non-hydrogen) atoms. The number of carboxylic acids is 1. The molecule has 6 heteroatoms. The van der Waals surface area contributed by atoms with Crippen molar-refractivity contribution in [3.63, 3.8) is 0 Å². The van der Waals surface area contributed by atoms with Crippen molar-refractivity contribution in [1.29, 1.82) is 5.26 Å². The molecule has 0 bridgehead atoms. The number of hydrogen-bond acceptors (Lipinski definition) is 4. The average Bonchev–Trinajstić information content (AvgIpc) is 2.85. The second kappa shape index (κ2) is 5.91. The minimum atomic E-state index is -0.913. The molecule has 1 heterocycles. The fourth-order valence-electron chi connectivity index (χ4n) is 1.98. The van der Waals surface area contributed by atoms with Gasteiger partial charge >= 0.3 is 5.97 Å². The van der Waals surface area contributed by atoms with Gasteiger partial charge < -0.3 is 15.2 Å². The molecule has 1 saturated heterocycles. The minimum Gasteiger partial charge on any atom is -0.479 e. The molecule has 1 aliphatic heterocycles. The van der Waals surface area contributed by atoms with Gasteiger partial charge in [-0.2, -0.15) is 5.26 Å². The summed E-state index contributed by atoms with van der Waals surface area (Å²) in [6, 6.07) is 7.06. The van der Waals surface area contributed by atoms with E-state index in [9.17, 15) is 4.79 Å². The van der Waals surface area contributed by atoms with Crippen molar-refractivity contribution < 1.29 is 14.6 Å². The van der Waals surface area contributed by atoms with Gasteiger partial charge in [-0.15, -0.1) is 0 Å². The molecule has 2 atom stereocenters. The third kappa shape index (κ3) is 3.37. The van der Waals surface area contributed by atoms with Crippen molar-refractivity contribution in [3.8, 4) is 6.07 Å². The van der Waals surface area contributed by atoms with Crippen LogP contribution >= 0.6 is 11.6 Å². The fourth-order valence-corrected chi connectivity index (χ4v) is 2.21. The summed E-state index contributed by atoms with van der Waals surface area (Å²) in [7, 11) is 0. The molecule has 1 aromatic rings. The molecule has 0 saturated carbocycles. The maximum Gasteiger partial charge on any atom is 0.332 e. The van der Waals surface area contributed by atoms with Crippen LogP contribution in [0.25, 0.3) is 0 Å². The van der Waals surface area contributed by atoms with Gasteiger partial charge in [0, 0.05) is 12.2 Å². The molecule has 0 aromatic heterocycles. The van der Waals surface area contributed by atoms with E-state index < -0.39 is 12.1 Å². The van der Waals surface area contributed by atoms with Crippen molar-refractivity contribution in [1.82, 2.24) is 0 Å². The van der Waals surface area contributed by atoms with Crippen LogP contribution in [0.2, 0.25) is 5.02 Å². The number of nitrogens with one attached hydrogen (secondary N) is 1. The van der Waals surface area contributed by atoms with E-state index in [4.69, 9.17) is 26.7 Å². The lowest BCUT2D eigenvalue weighted by Gasteiger charge is -2.13. The Labute approximate surface area is 115 Å². The molecule has 2 rings (SSSR count). The Balaban J connectivity index is 1.88. The van der Waals surface area contributed by atoms with E-state index in [-0.39, 0.29) is 6.10 Å². The van der Waals surface area contributed by atoms with E-state index in [1.54, 1.807) is 18.2 Å². The van der Waals surface area contributed by atoms with Crippen LogP contribution in [-0.4, -0.2) is 29.8 Å². The normalized spacial score (nSPS) is 21.9. The quantitative estimate of drug-likeness (QED) is 0.884. The second-order valence-corrected chi connectivity index (χ2v) is 4.76. The van der Waals surface area contributed by atoms with Gasteiger partial charge in [0.2, 0.25) is 0 Å². The largest absolute Gasteiger partial charge is 0.479 e. The number of nitrogens with zero attached hydrogens (tertiary/aromatic N) is 1. The molecule has 1 aromatic carbocycles. The van der Waals surface area contributed by atoms with Gasteiger partial charge in [0.25, 0.3) is 0 Å². The summed E-state index contributed by atoms with van der Waals surface area (Å²) in [4.78, 5) is 10.7. The van der Waals surface area contributed by atoms with Crippen molar-refractivity contribution in [2.24, 2.45) is 0 Å². The Morgan fingerprint density at radius 3 is 2.95 bits per heavy atom. The summed E-state index contributed by atoms with van der Waals surface area (Å²) >= 11 is 5.92. The molecule has 2 N–H and O–H groups in total. The summed E-state index contributed by atoms with van der Waals surface area (Å²) in [6.45, 7) is 0.520. The monoisotopic (exact) mass is 280 g/mol. The Bertz CT molecular complexity index is 527. The van der Waals surface area contributed by atoms with Crippen LogP contribution in [0.4, 0.5) is 5.69 Å². The first kappa shape index (κ1) is 13.7. The van der Waals surface area contributed by atoms with Crippen LogP contribution in [0, 0.1) is 11.3 Å². The summed E-state index contributed by atoms with van der Waals surface area (Å²) in [6.07, 6.45) is 0.441. The highest BCUT2D eigenvalue weighted by atomic mass is 35.5. The van der Waals surface area contributed by atoms with Gasteiger partial charge in [0.1, 0.15) is 6.07 Å². The lowest BCUT2D eigenvalue weighted by molar-refractivity contribution is -0.149. The molecule has 0 amide bonds. The van der Waals surface area contributed by atoms with Crippen molar-refractivity contribution in [2.75, 3.05) is 11.9 Å². The first-order valence-corrected chi connectivity index (χ1v) is 6.29. The topological polar surface area (TPSA) is 82.4 Å². The number of carbonyl (C=O) groups is 1. The van der Waals surface area contributed by atoms with Crippen LogP contribution in [0.3, 0.4) is 0 Å². The highest BCUT2D eigenvalue weighted by Gasteiger charge is 2.30. The Kier molecular flexibility index (Phi) is 4.25. The minimum absolute atomic E-state index is 0.115. The zero-order valence-electron chi connectivity index (χ0n) is 10.1. The van der Waals surface area contributed by atoms with Crippen molar-refractivity contribution >= 4 is 23.3 Å². The maximum absolute atomic E-state index is 10.7. The van der Waals surface area contributed by atoms with Gasteiger partial charge in [-0.25, -0.2) is 4.79 Å². The molecule has 100 valence electrons. The number of nitriles is 1. The SMILES string of the molecule is N#Cc1ccc(NCC2CCC(C(=O)O)O2)cc1Cl. The van der Waals surface area contributed by atoms with Gasteiger partial charge in [-0.3, -0.25) is 0 Å². The number of anilines is 1. The van der Waals surface area contributed by atoms with Crippen LogP contribution in [-0.2, 0) is 9.53 Å². The Morgan fingerprint density at radius 1 is 1.58 bits per heavy atom.